The molecule has 0 spiro atoms. The Labute approximate surface area is 300 Å². The van der Waals surface area contributed by atoms with Crippen LogP contribution in [0.3, 0.4) is 0 Å². The minimum Gasteiger partial charge on any atom is -0.0631 e. The smallest absolute Gasteiger partial charge is 0.0631 e. The zero-order chi connectivity index (χ0) is 33.7. The quantitative estimate of drug-likeness (QED) is 0.0979. The molecule has 0 fully saturated rings. The molecule has 0 unspecified atom stereocenters. The van der Waals surface area contributed by atoms with Crippen molar-refractivity contribution in [3.05, 3.63) is 194 Å². The van der Waals surface area contributed by atoms with Crippen LogP contribution in [-0.4, -0.2) is 9.52 Å². The van der Waals surface area contributed by atoms with Crippen LogP contribution in [0.5, 0.6) is 0 Å². The molecular weight excluding hydrogens is 629 g/mol. The molecule has 2 radical (unpaired) electrons. The van der Waals surface area contributed by atoms with Crippen LogP contribution in [0.15, 0.2) is 194 Å². The van der Waals surface area contributed by atoms with Crippen molar-refractivity contribution in [3.63, 3.8) is 0 Å². The Bertz CT molecular complexity index is 2930. The first-order chi connectivity index (χ1) is 25.3. The van der Waals surface area contributed by atoms with Gasteiger partial charge in [0.25, 0.3) is 0 Å². The van der Waals surface area contributed by atoms with E-state index in [2.05, 4.69) is 194 Å². The summed E-state index contributed by atoms with van der Waals surface area (Å²) < 4.78 is 0. The fourth-order valence-electron chi connectivity index (χ4n) is 8.13. The summed E-state index contributed by atoms with van der Waals surface area (Å²) in [5.74, 6) is 0. The van der Waals surface area contributed by atoms with E-state index in [0.717, 1.165) is 0 Å². The summed E-state index contributed by atoms with van der Waals surface area (Å²) in [6, 6.07) is 71.8. The Balaban J connectivity index is 1.30. The maximum Gasteiger partial charge on any atom is 0.121 e. The van der Waals surface area contributed by atoms with Crippen LogP contribution in [0, 0.1) is 0 Å². The molecule has 0 amide bonds. The topological polar surface area (TPSA) is 0 Å². The molecule has 0 saturated heterocycles. The minimum absolute atomic E-state index is 0.570. The van der Waals surface area contributed by atoms with Crippen molar-refractivity contribution in [1.29, 1.82) is 0 Å². The van der Waals surface area contributed by atoms with Gasteiger partial charge in [-0.1, -0.05) is 192 Å². The summed E-state index contributed by atoms with van der Waals surface area (Å²) in [5, 5.41) is 15.5. The molecule has 0 saturated carbocycles. The SMILES string of the molecule is c1ccc([Si]c2ccc3c(-c4cccc(-c5cccc6ccccc56)c4)c4ccccc4c(-c4cc5ccccc5c5ccccc45)c3c2)cc1. The first kappa shape index (κ1) is 29.6. The maximum absolute atomic E-state index is 2.48. The molecule has 10 aromatic rings. The summed E-state index contributed by atoms with van der Waals surface area (Å²) in [4.78, 5) is 0. The van der Waals surface area contributed by atoms with E-state index in [9.17, 15) is 0 Å². The van der Waals surface area contributed by atoms with Gasteiger partial charge in [-0.25, -0.2) is 0 Å². The predicted octanol–water partition coefficient (Wildman–Crippen LogP) is 12.1. The van der Waals surface area contributed by atoms with Gasteiger partial charge in [0.1, 0.15) is 9.52 Å². The number of fused-ring (bicyclic) bond motifs is 6. The standard InChI is InChI=1S/C50H32Si/c1-2-19-37(20-3-1)51-38-28-29-46-48(32-38)50(47-31-35-15-5-7-22-41(35)42-23-8-9-24-43(42)47)45-26-11-10-25-44(45)49(46)36-18-12-17-34(30-36)40-27-13-16-33-14-4-6-21-39(33)40/h1-32H. The van der Waals surface area contributed by atoms with Gasteiger partial charge in [0.15, 0.2) is 0 Å². The van der Waals surface area contributed by atoms with Crippen LogP contribution in [-0.2, 0) is 0 Å². The molecule has 10 rings (SSSR count). The summed E-state index contributed by atoms with van der Waals surface area (Å²) in [5.41, 5.74) is 7.58. The lowest BCUT2D eigenvalue weighted by Gasteiger charge is -2.21. The van der Waals surface area contributed by atoms with E-state index in [1.165, 1.54) is 97.6 Å². The van der Waals surface area contributed by atoms with Crippen LogP contribution < -0.4 is 10.4 Å². The van der Waals surface area contributed by atoms with Gasteiger partial charge in [0.05, 0.1) is 0 Å². The van der Waals surface area contributed by atoms with E-state index < -0.39 is 0 Å². The van der Waals surface area contributed by atoms with Crippen LogP contribution >= 0.6 is 0 Å². The normalized spacial score (nSPS) is 11.6. The fraction of sp³-hybridized carbons (Fsp3) is 0. The van der Waals surface area contributed by atoms with Gasteiger partial charge in [-0.3, -0.25) is 0 Å². The summed E-state index contributed by atoms with van der Waals surface area (Å²) >= 11 is 0. The molecule has 1 heteroatoms. The molecule has 0 heterocycles. The second kappa shape index (κ2) is 12.2. The second-order valence-corrected chi connectivity index (χ2v) is 14.8. The lowest BCUT2D eigenvalue weighted by molar-refractivity contribution is 1.63. The third-order valence-corrected chi connectivity index (χ3v) is 11.6. The highest BCUT2D eigenvalue weighted by atomic mass is 28.2. The van der Waals surface area contributed by atoms with Gasteiger partial charge in [-0.05, 0) is 99.4 Å². The zero-order valence-corrected chi connectivity index (χ0v) is 29.0. The van der Waals surface area contributed by atoms with Gasteiger partial charge >= 0.3 is 0 Å². The average molecular weight is 661 g/mol. The van der Waals surface area contributed by atoms with Crippen molar-refractivity contribution in [2.45, 2.75) is 0 Å². The van der Waals surface area contributed by atoms with Crippen LogP contribution in [0.4, 0.5) is 0 Å². The highest BCUT2D eigenvalue weighted by Crippen LogP contribution is 2.46. The molecule has 0 nitrogen and oxygen atoms in total. The molecule has 10 aromatic carbocycles. The van der Waals surface area contributed by atoms with E-state index in [-0.39, 0.29) is 0 Å². The first-order valence-electron chi connectivity index (χ1n) is 17.6. The van der Waals surface area contributed by atoms with Gasteiger partial charge < -0.3 is 0 Å². The lowest BCUT2D eigenvalue weighted by Crippen LogP contribution is -2.26. The van der Waals surface area contributed by atoms with Crippen molar-refractivity contribution in [2.24, 2.45) is 0 Å². The van der Waals surface area contributed by atoms with E-state index in [1.807, 2.05) is 0 Å². The molecule has 236 valence electrons. The molecule has 51 heavy (non-hydrogen) atoms. The summed E-state index contributed by atoms with van der Waals surface area (Å²) in [6.07, 6.45) is 0. The molecule has 0 aromatic heterocycles. The maximum atomic E-state index is 2.48. The van der Waals surface area contributed by atoms with E-state index in [4.69, 9.17) is 0 Å². The van der Waals surface area contributed by atoms with Gasteiger partial charge in [-0.15, -0.1) is 0 Å². The zero-order valence-electron chi connectivity index (χ0n) is 28.0. The van der Waals surface area contributed by atoms with Crippen molar-refractivity contribution < 1.29 is 0 Å². The van der Waals surface area contributed by atoms with Gasteiger partial charge in [-0.2, -0.15) is 0 Å². The van der Waals surface area contributed by atoms with Crippen LogP contribution in [0.2, 0.25) is 0 Å². The van der Waals surface area contributed by atoms with E-state index in [0.29, 0.717) is 9.52 Å². The largest absolute Gasteiger partial charge is 0.121 e. The average Bonchev–Trinajstić information content (AvgIpc) is 3.20. The van der Waals surface area contributed by atoms with Gasteiger partial charge in [0, 0.05) is 0 Å². The molecule has 0 aliphatic carbocycles. The number of benzene rings is 10. The number of hydrogen-bond donors (Lipinski definition) is 0. The second-order valence-electron chi connectivity index (χ2n) is 13.3. The first-order valence-corrected chi connectivity index (χ1v) is 18.6. The molecule has 0 N–H and O–H groups in total. The third-order valence-electron chi connectivity index (χ3n) is 10.4. The molecular formula is C50H32Si. The highest BCUT2D eigenvalue weighted by molar-refractivity contribution is 6.67. The molecule has 0 aliphatic heterocycles. The Hall–Kier alpha value is -6.28. The van der Waals surface area contributed by atoms with E-state index in [1.54, 1.807) is 0 Å². The molecule has 0 aliphatic rings. The summed E-state index contributed by atoms with van der Waals surface area (Å²) in [7, 11) is 0.570. The lowest BCUT2D eigenvalue weighted by atomic mass is 9.83. The van der Waals surface area contributed by atoms with Crippen LogP contribution in [0.1, 0.15) is 0 Å². The summed E-state index contributed by atoms with van der Waals surface area (Å²) in [6.45, 7) is 0. The minimum atomic E-state index is 0.570. The Morgan fingerprint density at radius 1 is 0.255 bits per heavy atom. The predicted molar refractivity (Wildman–Crippen MR) is 222 cm³/mol. The number of rotatable bonds is 5. The fourth-order valence-corrected chi connectivity index (χ4v) is 9.20. The molecule has 0 bridgehead atoms. The van der Waals surface area contributed by atoms with Crippen molar-refractivity contribution in [1.82, 2.24) is 0 Å². The highest BCUT2D eigenvalue weighted by Gasteiger charge is 2.20. The Kier molecular flexibility index (Phi) is 7.11. The van der Waals surface area contributed by atoms with Crippen LogP contribution in [0.25, 0.3) is 87.2 Å². The Morgan fingerprint density at radius 3 is 1.67 bits per heavy atom. The number of hydrogen-bond acceptors (Lipinski definition) is 0. The van der Waals surface area contributed by atoms with Crippen molar-refractivity contribution in [2.75, 3.05) is 0 Å². The van der Waals surface area contributed by atoms with Crippen molar-refractivity contribution >= 4 is 73.8 Å². The van der Waals surface area contributed by atoms with Gasteiger partial charge in [0.2, 0.25) is 0 Å². The molecule has 0 atom stereocenters. The third kappa shape index (κ3) is 5.05. The monoisotopic (exact) mass is 660 g/mol. The Morgan fingerprint density at radius 2 is 0.843 bits per heavy atom. The van der Waals surface area contributed by atoms with E-state index >= 15 is 0 Å². The van der Waals surface area contributed by atoms with Crippen molar-refractivity contribution in [3.8, 4) is 33.4 Å².